The summed E-state index contributed by atoms with van der Waals surface area (Å²) in [5, 5.41) is 3.00. The van der Waals surface area contributed by atoms with Gasteiger partial charge in [0.05, 0.1) is 11.4 Å². The molecule has 4 nitrogen and oxygen atoms in total. The predicted octanol–water partition coefficient (Wildman–Crippen LogP) is 4.08. The van der Waals surface area contributed by atoms with Crippen LogP contribution in [-0.2, 0) is 9.59 Å². The molecular formula is C20H22N2O2S. The molecule has 0 atom stereocenters. The third-order valence-electron chi connectivity index (χ3n) is 4.31. The van der Waals surface area contributed by atoms with Crippen molar-refractivity contribution in [2.45, 2.75) is 32.1 Å². The van der Waals surface area contributed by atoms with Crippen molar-refractivity contribution in [3.63, 3.8) is 0 Å². The van der Waals surface area contributed by atoms with E-state index in [1.54, 1.807) is 16.7 Å². The summed E-state index contributed by atoms with van der Waals surface area (Å²) in [6.45, 7) is 6.43. The highest BCUT2D eigenvalue weighted by atomic mass is 32.2. The Hall–Kier alpha value is -2.27. The topological polar surface area (TPSA) is 49.4 Å². The number of aryl methyl sites for hydroxylation is 3. The average molecular weight is 354 g/mol. The normalized spacial score (nSPS) is 13.6. The average Bonchev–Trinajstić information content (AvgIpc) is 2.57. The molecule has 0 fully saturated rings. The Labute approximate surface area is 152 Å². The molecule has 25 heavy (non-hydrogen) atoms. The molecule has 0 saturated heterocycles. The van der Waals surface area contributed by atoms with Crippen LogP contribution in [0.2, 0.25) is 0 Å². The number of fused-ring (bicyclic) bond motifs is 1. The number of carbonyl (C=O) groups excluding carboxylic acids is 2. The fourth-order valence-electron chi connectivity index (χ4n) is 3.19. The Balaban J connectivity index is 1.68. The van der Waals surface area contributed by atoms with Crippen molar-refractivity contribution >= 4 is 35.0 Å². The number of carbonyl (C=O) groups is 2. The first kappa shape index (κ1) is 17.5. The van der Waals surface area contributed by atoms with Crippen LogP contribution in [0.4, 0.5) is 11.4 Å². The van der Waals surface area contributed by atoms with Gasteiger partial charge in [-0.1, -0.05) is 29.8 Å². The Morgan fingerprint density at radius 1 is 1.16 bits per heavy atom. The molecule has 2 aromatic rings. The zero-order valence-corrected chi connectivity index (χ0v) is 15.6. The second-order valence-corrected chi connectivity index (χ2v) is 7.39. The van der Waals surface area contributed by atoms with E-state index in [1.807, 2.05) is 45.0 Å². The molecule has 1 aliphatic heterocycles. The lowest BCUT2D eigenvalue weighted by molar-refractivity contribution is -0.117. The van der Waals surface area contributed by atoms with Crippen LogP contribution < -0.4 is 10.2 Å². The first-order valence-electron chi connectivity index (χ1n) is 8.35. The van der Waals surface area contributed by atoms with Crippen molar-refractivity contribution in [3.8, 4) is 0 Å². The van der Waals surface area contributed by atoms with Crippen LogP contribution >= 0.6 is 11.8 Å². The van der Waals surface area contributed by atoms with Crippen LogP contribution in [0.5, 0.6) is 0 Å². The second kappa shape index (κ2) is 7.31. The van der Waals surface area contributed by atoms with Gasteiger partial charge in [-0.05, 0) is 44.0 Å². The Kier molecular flexibility index (Phi) is 5.13. The molecule has 0 bridgehead atoms. The predicted molar refractivity (Wildman–Crippen MR) is 103 cm³/mol. The molecule has 0 aliphatic carbocycles. The summed E-state index contributed by atoms with van der Waals surface area (Å²) in [4.78, 5) is 27.5. The fraction of sp³-hybridized carbons (Fsp3) is 0.300. The number of anilines is 2. The molecule has 0 radical (unpaired) electrons. The zero-order valence-electron chi connectivity index (χ0n) is 14.8. The summed E-state index contributed by atoms with van der Waals surface area (Å²) in [7, 11) is 0. The molecule has 0 unspecified atom stereocenters. The number of hydrogen-bond acceptors (Lipinski definition) is 3. The van der Waals surface area contributed by atoms with E-state index < -0.39 is 0 Å². The zero-order chi connectivity index (χ0) is 18.0. The van der Waals surface area contributed by atoms with Crippen LogP contribution in [0.15, 0.2) is 41.3 Å². The van der Waals surface area contributed by atoms with E-state index in [1.165, 1.54) is 5.56 Å². The van der Waals surface area contributed by atoms with E-state index >= 15 is 0 Å². The molecule has 1 heterocycles. The standard InChI is InChI=1S/C20H22N2O2S/c1-13-10-14(2)20(15(3)11-13)21-18(23)8-9-22-16-6-4-5-7-17(16)25-12-19(22)24/h4-7,10-11H,8-9,12H2,1-3H3,(H,21,23). The van der Waals surface area contributed by atoms with Gasteiger partial charge in [-0.3, -0.25) is 9.59 Å². The van der Waals surface area contributed by atoms with Crippen molar-refractivity contribution in [1.29, 1.82) is 0 Å². The number of hydrogen-bond donors (Lipinski definition) is 1. The summed E-state index contributed by atoms with van der Waals surface area (Å²) in [5.41, 5.74) is 5.07. The fourth-order valence-corrected chi connectivity index (χ4v) is 4.13. The van der Waals surface area contributed by atoms with Crippen LogP contribution in [0.25, 0.3) is 0 Å². The highest BCUT2D eigenvalue weighted by Crippen LogP contribution is 2.34. The maximum absolute atomic E-state index is 12.4. The maximum Gasteiger partial charge on any atom is 0.237 e. The van der Waals surface area contributed by atoms with Crippen LogP contribution in [-0.4, -0.2) is 24.1 Å². The summed E-state index contributed by atoms with van der Waals surface area (Å²) < 4.78 is 0. The quantitative estimate of drug-likeness (QED) is 0.900. The van der Waals surface area contributed by atoms with Gasteiger partial charge in [-0.25, -0.2) is 0 Å². The number of amides is 2. The third-order valence-corrected chi connectivity index (χ3v) is 5.36. The summed E-state index contributed by atoms with van der Waals surface area (Å²) in [5.74, 6) is 0.409. The van der Waals surface area contributed by atoms with Crippen LogP contribution in [0.3, 0.4) is 0 Å². The first-order chi connectivity index (χ1) is 12.0. The number of thioether (sulfide) groups is 1. The van der Waals surface area contributed by atoms with E-state index in [9.17, 15) is 9.59 Å². The molecule has 5 heteroatoms. The molecule has 130 valence electrons. The van der Waals surface area contributed by atoms with Gasteiger partial charge in [0.2, 0.25) is 11.8 Å². The molecule has 0 aromatic heterocycles. The SMILES string of the molecule is Cc1cc(C)c(NC(=O)CCN2C(=O)CSc3ccccc32)c(C)c1. The molecule has 2 amide bonds. The Morgan fingerprint density at radius 3 is 2.56 bits per heavy atom. The van der Waals surface area contributed by atoms with Crippen LogP contribution in [0.1, 0.15) is 23.1 Å². The molecule has 0 saturated carbocycles. The highest BCUT2D eigenvalue weighted by molar-refractivity contribution is 8.00. The summed E-state index contributed by atoms with van der Waals surface area (Å²) in [6, 6.07) is 12.0. The maximum atomic E-state index is 12.4. The molecule has 1 aliphatic rings. The minimum absolute atomic E-state index is 0.0548. The number of para-hydroxylation sites is 1. The van der Waals surface area contributed by atoms with Gasteiger partial charge >= 0.3 is 0 Å². The molecule has 2 aromatic carbocycles. The third kappa shape index (κ3) is 3.87. The highest BCUT2D eigenvalue weighted by Gasteiger charge is 2.24. The van der Waals surface area contributed by atoms with Gasteiger partial charge in [0, 0.05) is 23.5 Å². The monoisotopic (exact) mass is 354 g/mol. The van der Waals surface area contributed by atoms with Crippen molar-refractivity contribution < 1.29 is 9.59 Å². The van der Waals surface area contributed by atoms with Crippen molar-refractivity contribution in [1.82, 2.24) is 0 Å². The van der Waals surface area contributed by atoms with Crippen molar-refractivity contribution in [2.75, 3.05) is 22.5 Å². The van der Waals surface area contributed by atoms with Gasteiger partial charge in [0.1, 0.15) is 0 Å². The van der Waals surface area contributed by atoms with Crippen molar-refractivity contribution in [2.24, 2.45) is 0 Å². The summed E-state index contributed by atoms with van der Waals surface area (Å²) in [6.07, 6.45) is 0.275. The molecule has 0 spiro atoms. The smallest absolute Gasteiger partial charge is 0.237 e. The van der Waals surface area contributed by atoms with Crippen molar-refractivity contribution in [3.05, 3.63) is 53.1 Å². The first-order valence-corrected chi connectivity index (χ1v) is 9.34. The molecule has 1 N–H and O–H groups in total. The van der Waals surface area contributed by atoms with E-state index in [0.29, 0.717) is 12.3 Å². The van der Waals surface area contributed by atoms with Gasteiger partial charge in [0.25, 0.3) is 0 Å². The van der Waals surface area contributed by atoms with Gasteiger partial charge in [-0.2, -0.15) is 0 Å². The Bertz CT molecular complexity index is 809. The number of nitrogens with zero attached hydrogens (tertiary/aromatic N) is 1. The number of nitrogens with one attached hydrogen (secondary N) is 1. The molecule has 3 rings (SSSR count). The van der Waals surface area contributed by atoms with E-state index in [0.717, 1.165) is 27.4 Å². The van der Waals surface area contributed by atoms with E-state index in [4.69, 9.17) is 0 Å². The van der Waals surface area contributed by atoms with Crippen LogP contribution in [0, 0.1) is 20.8 Å². The second-order valence-electron chi connectivity index (χ2n) is 6.37. The van der Waals surface area contributed by atoms with Gasteiger partial charge < -0.3 is 10.2 Å². The van der Waals surface area contributed by atoms with E-state index in [2.05, 4.69) is 17.4 Å². The van der Waals surface area contributed by atoms with Gasteiger partial charge in [0.15, 0.2) is 0 Å². The summed E-state index contributed by atoms with van der Waals surface area (Å²) >= 11 is 1.55. The largest absolute Gasteiger partial charge is 0.326 e. The van der Waals surface area contributed by atoms with Gasteiger partial charge in [-0.15, -0.1) is 11.8 Å². The number of benzene rings is 2. The minimum Gasteiger partial charge on any atom is -0.326 e. The lowest BCUT2D eigenvalue weighted by atomic mass is 10.0. The van der Waals surface area contributed by atoms with E-state index in [-0.39, 0.29) is 18.2 Å². The lowest BCUT2D eigenvalue weighted by Gasteiger charge is -2.28. The molecular weight excluding hydrogens is 332 g/mol. The number of rotatable bonds is 4. The minimum atomic E-state index is -0.0708. The Morgan fingerprint density at radius 2 is 1.84 bits per heavy atom. The lowest BCUT2D eigenvalue weighted by Crippen LogP contribution is -2.37.